The van der Waals surface area contributed by atoms with E-state index in [0.29, 0.717) is 5.75 Å². The molecule has 16 heavy (non-hydrogen) atoms. The molecule has 0 unspecified atom stereocenters. The Morgan fingerprint density at radius 3 is 2.62 bits per heavy atom. The highest BCUT2D eigenvalue weighted by molar-refractivity contribution is 9.11. The van der Waals surface area contributed by atoms with Crippen molar-refractivity contribution in [2.45, 2.75) is 0 Å². The lowest BCUT2D eigenvalue weighted by atomic mass is 10.1. The van der Waals surface area contributed by atoms with Crippen molar-refractivity contribution in [2.75, 3.05) is 0 Å². The molecule has 0 radical (unpaired) electrons. The fourth-order valence-electron chi connectivity index (χ4n) is 1.81. The van der Waals surface area contributed by atoms with Gasteiger partial charge in [-0.15, -0.1) is 11.3 Å². The Labute approximate surface area is 113 Å². The Bertz CT molecular complexity index is 703. The van der Waals surface area contributed by atoms with Crippen LogP contribution in [-0.2, 0) is 0 Å². The fourth-order valence-corrected chi connectivity index (χ4v) is 4.62. The summed E-state index contributed by atoms with van der Waals surface area (Å²) in [6, 6.07) is 10.1. The van der Waals surface area contributed by atoms with Crippen LogP contribution in [-0.4, -0.2) is 5.11 Å². The van der Waals surface area contributed by atoms with Crippen LogP contribution in [0, 0.1) is 0 Å². The van der Waals surface area contributed by atoms with Gasteiger partial charge in [0.25, 0.3) is 0 Å². The predicted molar refractivity (Wildman–Crippen MR) is 76.4 cm³/mol. The van der Waals surface area contributed by atoms with Crippen LogP contribution < -0.4 is 0 Å². The van der Waals surface area contributed by atoms with E-state index in [4.69, 9.17) is 0 Å². The number of halogens is 2. The van der Waals surface area contributed by atoms with Gasteiger partial charge < -0.3 is 5.11 Å². The van der Waals surface area contributed by atoms with Crippen LogP contribution in [0.4, 0.5) is 0 Å². The van der Waals surface area contributed by atoms with Crippen molar-refractivity contribution in [2.24, 2.45) is 0 Å². The van der Waals surface area contributed by atoms with E-state index in [1.54, 1.807) is 11.3 Å². The molecule has 3 rings (SSSR count). The third-order valence-electron chi connectivity index (χ3n) is 2.53. The Balaban J connectivity index is 2.64. The molecule has 0 saturated carbocycles. The summed E-state index contributed by atoms with van der Waals surface area (Å²) in [7, 11) is 0. The van der Waals surface area contributed by atoms with E-state index in [-0.39, 0.29) is 0 Å². The highest BCUT2D eigenvalue weighted by Gasteiger charge is 2.13. The van der Waals surface area contributed by atoms with E-state index in [1.807, 2.05) is 18.2 Å². The Hall–Kier alpha value is -0.580. The predicted octanol–water partition coefficient (Wildman–Crippen LogP) is 5.29. The highest BCUT2D eigenvalue weighted by Crippen LogP contribution is 2.45. The number of hydrogen-bond acceptors (Lipinski definition) is 2. The highest BCUT2D eigenvalue weighted by atomic mass is 79.9. The first-order chi connectivity index (χ1) is 7.68. The van der Waals surface area contributed by atoms with Gasteiger partial charge in [-0.1, -0.05) is 34.1 Å². The summed E-state index contributed by atoms with van der Waals surface area (Å²) in [5, 5.41) is 12.3. The molecular weight excluding hydrogens is 352 g/mol. The molecule has 0 bridgehead atoms. The molecule has 1 aromatic heterocycles. The van der Waals surface area contributed by atoms with Gasteiger partial charge in [-0.25, -0.2) is 0 Å². The van der Waals surface area contributed by atoms with Gasteiger partial charge in [0.05, 0.1) is 9.17 Å². The van der Waals surface area contributed by atoms with Crippen LogP contribution in [0.25, 0.3) is 20.2 Å². The number of aromatic hydroxyl groups is 1. The molecule has 4 heteroatoms. The molecule has 0 aliphatic heterocycles. The maximum absolute atomic E-state index is 10.0. The van der Waals surface area contributed by atoms with Gasteiger partial charge in [-0.2, -0.15) is 0 Å². The summed E-state index contributed by atoms with van der Waals surface area (Å²) in [6.45, 7) is 0. The average molecular weight is 358 g/mol. The number of hydrogen-bond donors (Lipinski definition) is 1. The van der Waals surface area contributed by atoms with Crippen molar-refractivity contribution in [1.82, 2.24) is 0 Å². The zero-order valence-corrected chi connectivity index (χ0v) is 12.0. The monoisotopic (exact) mass is 356 g/mol. The molecule has 0 aliphatic carbocycles. The third-order valence-corrected chi connectivity index (χ3v) is 4.94. The van der Waals surface area contributed by atoms with Crippen molar-refractivity contribution in [3.63, 3.8) is 0 Å². The van der Waals surface area contributed by atoms with Crippen molar-refractivity contribution in [3.8, 4) is 5.75 Å². The molecule has 1 heterocycles. The number of thiophene rings is 1. The van der Waals surface area contributed by atoms with Crippen LogP contribution in [0.2, 0.25) is 0 Å². The average Bonchev–Trinajstić information content (AvgIpc) is 2.65. The number of phenols is 1. The lowest BCUT2D eigenvalue weighted by Crippen LogP contribution is -1.73. The molecule has 2 aromatic carbocycles. The lowest BCUT2D eigenvalue weighted by Gasteiger charge is -2.01. The minimum atomic E-state index is 0.319. The van der Waals surface area contributed by atoms with Crippen molar-refractivity contribution >= 4 is 63.4 Å². The maximum atomic E-state index is 10.0. The second kappa shape index (κ2) is 3.72. The van der Waals surface area contributed by atoms with Gasteiger partial charge in [0.15, 0.2) is 0 Å². The zero-order chi connectivity index (χ0) is 11.3. The first-order valence-electron chi connectivity index (χ1n) is 4.66. The van der Waals surface area contributed by atoms with E-state index < -0.39 is 0 Å². The molecule has 1 nitrogen and oxygen atoms in total. The standard InChI is InChI=1S/C12H6Br2OS/c13-7-5-8(14)11(15)12-10(7)6-3-1-2-4-9(6)16-12/h1-5,15H. The summed E-state index contributed by atoms with van der Waals surface area (Å²) in [6.07, 6.45) is 0. The summed E-state index contributed by atoms with van der Waals surface area (Å²) in [5.41, 5.74) is 0. The van der Waals surface area contributed by atoms with Crippen LogP contribution in [0.15, 0.2) is 39.3 Å². The molecule has 0 fully saturated rings. The van der Waals surface area contributed by atoms with Gasteiger partial charge >= 0.3 is 0 Å². The summed E-state index contributed by atoms with van der Waals surface area (Å²) in [4.78, 5) is 0. The Morgan fingerprint density at radius 1 is 1.06 bits per heavy atom. The maximum Gasteiger partial charge on any atom is 0.147 e. The topological polar surface area (TPSA) is 20.2 Å². The molecule has 80 valence electrons. The van der Waals surface area contributed by atoms with E-state index in [9.17, 15) is 5.11 Å². The Morgan fingerprint density at radius 2 is 1.81 bits per heavy atom. The molecule has 0 atom stereocenters. The van der Waals surface area contributed by atoms with Crippen LogP contribution >= 0.6 is 43.2 Å². The normalized spacial score (nSPS) is 11.4. The zero-order valence-electron chi connectivity index (χ0n) is 8.00. The molecule has 1 N–H and O–H groups in total. The van der Waals surface area contributed by atoms with Gasteiger partial charge in [0, 0.05) is 19.9 Å². The van der Waals surface area contributed by atoms with E-state index >= 15 is 0 Å². The molecule has 3 aromatic rings. The molecule has 0 aliphatic rings. The van der Waals surface area contributed by atoms with Crippen LogP contribution in [0.1, 0.15) is 0 Å². The number of rotatable bonds is 0. The van der Waals surface area contributed by atoms with Crippen LogP contribution in [0.5, 0.6) is 5.75 Å². The summed E-state index contributed by atoms with van der Waals surface area (Å²) >= 11 is 8.51. The number of benzene rings is 2. The fraction of sp³-hybridized carbons (Fsp3) is 0. The molecular formula is C12H6Br2OS. The number of phenolic OH excluding ortho intramolecular Hbond substituents is 1. The molecule has 0 spiro atoms. The SMILES string of the molecule is Oc1c(Br)cc(Br)c2c1sc1ccccc12. The second-order valence-corrected chi connectivity index (χ2v) is 6.25. The minimum Gasteiger partial charge on any atom is -0.505 e. The van der Waals surface area contributed by atoms with E-state index in [1.165, 1.54) is 10.1 Å². The van der Waals surface area contributed by atoms with Gasteiger partial charge in [-0.3, -0.25) is 0 Å². The first kappa shape index (κ1) is 10.6. The number of fused-ring (bicyclic) bond motifs is 3. The summed E-state index contributed by atoms with van der Waals surface area (Å²) < 4.78 is 3.83. The summed E-state index contributed by atoms with van der Waals surface area (Å²) in [5.74, 6) is 0.319. The molecule has 0 saturated heterocycles. The van der Waals surface area contributed by atoms with Crippen molar-refractivity contribution in [3.05, 3.63) is 39.3 Å². The van der Waals surface area contributed by atoms with E-state index in [0.717, 1.165) is 19.0 Å². The smallest absolute Gasteiger partial charge is 0.147 e. The quantitative estimate of drug-likeness (QED) is 0.579. The van der Waals surface area contributed by atoms with Gasteiger partial charge in [0.2, 0.25) is 0 Å². The van der Waals surface area contributed by atoms with Gasteiger partial charge in [0.1, 0.15) is 5.75 Å². The second-order valence-electron chi connectivity index (χ2n) is 3.49. The van der Waals surface area contributed by atoms with Gasteiger partial charge in [-0.05, 0) is 28.1 Å². The Kier molecular flexibility index (Phi) is 2.46. The van der Waals surface area contributed by atoms with E-state index in [2.05, 4.69) is 44.0 Å². The largest absolute Gasteiger partial charge is 0.505 e. The third kappa shape index (κ3) is 1.40. The molecule has 0 amide bonds. The lowest BCUT2D eigenvalue weighted by molar-refractivity contribution is 0.479. The van der Waals surface area contributed by atoms with Crippen molar-refractivity contribution in [1.29, 1.82) is 0 Å². The first-order valence-corrected chi connectivity index (χ1v) is 7.07. The van der Waals surface area contributed by atoms with Crippen molar-refractivity contribution < 1.29 is 5.11 Å². The minimum absolute atomic E-state index is 0.319. The van der Waals surface area contributed by atoms with Crippen LogP contribution in [0.3, 0.4) is 0 Å².